The molecule has 0 bridgehead atoms. The van der Waals surface area contributed by atoms with Crippen LogP contribution in [-0.4, -0.2) is 11.3 Å². The molecule has 0 radical (unpaired) electrons. The molecule has 0 aromatic rings. The Morgan fingerprint density at radius 2 is 2.00 bits per heavy atom. The van der Waals surface area contributed by atoms with E-state index in [0.717, 1.165) is 18.2 Å². The maximum absolute atomic E-state index is 12.9. The lowest BCUT2D eigenvalue weighted by atomic mass is 9.99. The molecule has 11 heavy (non-hydrogen) atoms. The molecule has 66 valence electrons. The fourth-order valence-electron chi connectivity index (χ4n) is 1.21. The van der Waals surface area contributed by atoms with Crippen molar-refractivity contribution < 1.29 is 8.78 Å². The van der Waals surface area contributed by atoms with Gasteiger partial charge in [-0.3, -0.25) is 0 Å². The summed E-state index contributed by atoms with van der Waals surface area (Å²) in [5, 5.41) is 0.732. The van der Waals surface area contributed by atoms with E-state index in [1.165, 1.54) is 0 Å². The monoisotopic (exact) mass is 226 g/mol. The van der Waals surface area contributed by atoms with Crippen molar-refractivity contribution in [2.24, 2.45) is 5.41 Å². The zero-order valence-corrected chi connectivity index (χ0v) is 8.26. The van der Waals surface area contributed by atoms with Crippen LogP contribution in [0.25, 0.3) is 0 Å². The van der Waals surface area contributed by atoms with E-state index in [4.69, 9.17) is 0 Å². The molecule has 0 aliphatic heterocycles. The van der Waals surface area contributed by atoms with E-state index in [-0.39, 0.29) is 18.3 Å². The summed E-state index contributed by atoms with van der Waals surface area (Å²) in [5.74, 6) is -2.44. The summed E-state index contributed by atoms with van der Waals surface area (Å²) in [4.78, 5) is 0. The molecule has 1 saturated carbocycles. The standard InChI is InChI=1S/C8H13BrF2/c1-2-8(10,11)5-7(6-9)3-4-7/h2-6H2,1H3. The molecular formula is C8H13BrF2. The van der Waals surface area contributed by atoms with Crippen molar-refractivity contribution in [2.75, 3.05) is 5.33 Å². The van der Waals surface area contributed by atoms with E-state index < -0.39 is 5.92 Å². The zero-order chi connectivity index (χ0) is 8.54. The van der Waals surface area contributed by atoms with Gasteiger partial charge >= 0.3 is 0 Å². The van der Waals surface area contributed by atoms with Crippen LogP contribution in [-0.2, 0) is 0 Å². The van der Waals surface area contributed by atoms with Crippen LogP contribution in [0, 0.1) is 5.41 Å². The summed E-state index contributed by atoms with van der Waals surface area (Å²) in [7, 11) is 0. The summed E-state index contributed by atoms with van der Waals surface area (Å²) in [6.07, 6.45) is 1.98. The highest BCUT2D eigenvalue weighted by Gasteiger charge is 2.48. The first-order chi connectivity index (χ1) is 5.04. The number of hydrogen-bond donors (Lipinski definition) is 0. The lowest BCUT2D eigenvalue weighted by Gasteiger charge is -2.19. The molecule has 1 aliphatic carbocycles. The molecule has 0 atom stereocenters. The van der Waals surface area contributed by atoms with Crippen LogP contribution in [0.2, 0.25) is 0 Å². The Hall–Kier alpha value is 0.340. The Morgan fingerprint density at radius 1 is 1.45 bits per heavy atom. The largest absolute Gasteiger partial charge is 0.248 e. The van der Waals surface area contributed by atoms with Crippen molar-refractivity contribution in [2.45, 2.75) is 38.5 Å². The molecule has 1 aliphatic rings. The fourth-order valence-corrected chi connectivity index (χ4v) is 1.97. The topological polar surface area (TPSA) is 0 Å². The van der Waals surface area contributed by atoms with Gasteiger partial charge in [-0.15, -0.1) is 0 Å². The van der Waals surface area contributed by atoms with Crippen LogP contribution >= 0.6 is 15.9 Å². The van der Waals surface area contributed by atoms with Crippen LogP contribution in [0.15, 0.2) is 0 Å². The quantitative estimate of drug-likeness (QED) is 0.643. The minimum Gasteiger partial charge on any atom is -0.207 e. The van der Waals surface area contributed by atoms with E-state index in [0.29, 0.717) is 0 Å². The maximum atomic E-state index is 12.9. The van der Waals surface area contributed by atoms with Gasteiger partial charge in [0.1, 0.15) is 0 Å². The van der Waals surface area contributed by atoms with Gasteiger partial charge in [0.25, 0.3) is 0 Å². The third-order valence-electron chi connectivity index (χ3n) is 2.39. The third kappa shape index (κ3) is 2.39. The Kier molecular flexibility index (Phi) is 2.57. The van der Waals surface area contributed by atoms with Gasteiger partial charge in [0, 0.05) is 18.2 Å². The first kappa shape index (κ1) is 9.43. The maximum Gasteiger partial charge on any atom is 0.248 e. The Bertz CT molecular complexity index is 137. The summed E-state index contributed by atoms with van der Waals surface area (Å²) in [5.41, 5.74) is -0.0560. The average Bonchev–Trinajstić information content (AvgIpc) is 2.69. The molecule has 0 amide bonds. The Labute approximate surface area is 74.5 Å². The highest BCUT2D eigenvalue weighted by molar-refractivity contribution is 9.09. The zero-order valence-electron chi connectivity index (χ0n) is 6.67. The highest BCUT2D eigenvalue weighted by atomic mass is 79.9. The SMILES string of the molecule is CCC(F)(F)CC1(CBr)CC1. The summed E-state index contributed by atoms with van der Waals surface area (Å²) in [6, 6.07) is 0. The molecule has 0 aromatic heterocycles. The fraction of sp³-hybridized carbons (Fsp3) is 1.00. The Morgan fingerprint density at radius 3 is 2.27 bits per heavy atom. The molecule has 1 fully saturated rings. The average molecular weight is 227 g/mol. The first-order valence-corrected chi connectivity index (χ1v) is 5.10. The van der Waals surface area contributed by atoms with Crippen LogP contribution in [0.1, 0.15) is 32.6 Å². The summed E-state index contributed by atoms with van der Waals surface area (Å²) < 4.78 is 25.7. The van der Waals surface area contributed by atoms with E-state index in [9.17, 15) is 8.78 Å². The second kappa shape index (κ2) is 3.00. The minimum absolute atomic E-state index is 0.0260. The molecule has 0 unspecified atom stereocenters. The molecule has 0 heterocycles. The first-order valence-electron chi connectivity index (χ1n) is 3.97. The van der Waals surface area contributed by atoms with Crippen molar-refractivity contribution >= 4 is 15.9 Å². The second-order valence-corrected chi connectivity index (χ2v) is 4.08. The lowest BCUT2D eigenvalue weighted by Crippen LogP contribution is -2.21. The van der Waals surface area contributed by atoms with Gasteiger partial charge in [0.2, 0.25) is 5.92 Å². The van der Waals surface area contributed by atoms with Gasteiger partial charge in [-0.2, -0.15) is 0 Å². The molecule has 1 rings (SSSR count). The lowest BCUT2D eigenvalue weighted by molar-refractivity contribution is -0.0275. The number of alkyl halides is 3. The normalized spacial score (nSPS) is 21.8. The molecule has 3 heteroatoms. The van der Waals surface area contributed by atoms with Crippen LogP contribution in [0.5, 0.6) is 0 Å². The molecule has 0 spiro atoms. The van der Waals surface area contributed by atoms with Crippen molar-refractivity contribution in [1.29, 1.82) is 0 Å². The minimum atomic E-state index is -2.44. The number of halogens is 3. The van der Waals surface area contributed by atoms with E-state index >= 15 is 0 Å². The summed E-state index contributed by atoms with van der Waals surface area (Å²) >= 11 is 3.28. The van der Waals surface area contributed by atoms with Crippen LogP contribution < -0.4 is 0 Å². The van der Waals surface area contributed by atoms with Crippen molar-refractivity contribution in [1.82, 2.24) is 0 Å². The predicted molar refractivity (Wildman–Crippen MR) is 45.3 cm³/mol. The van der Waals surface area contributed by atoms with Crippen molar-refractivity contribution in [3.63, 3.8) is 0 Å². The van der Waals surface area contributed by atoms with Gasteiger partial charge in [0.05, 0.1) is 0 Å². The number of rotatable bonds is 4. The van der Waals surface area contributed by atoms with Gasteiger partial charge in [-0.25, -0.2) is 8.78 Å². The van der Waals surface area contributed by atoms with Gasteiger partial charge in [0.15, 0.2) is 0 Å². The van der Waals surface area contributed by atoms with Gasteiger partial charge in [-0.1, -0.05) is 22.9 Å². The molecular weight excluding hydrogens is 214 g/mol. The van der Waals surface area contributed by atoms with E-state index in [1.807, 2.05) is 0 Å². The van der Waals surface area contributed by atoms with Crippen molar-refractivity contribution in [3.05, 3.63) is 0 Å². The predicted octanol–water partition coefficient (Wildman–Crippen LogP) is 3.60. The van der Waals surface area contributed by atoms with Gasteiger partial charge < -0.3 is 0 Å². The third-order valence-corrected chi connectivity index (χ3v) is 3.58. The summed E-state index contributed by atoms with van der Waals surface area (Å²) in [6.45, 7) is 1.55. The van der Waals surface area contributed by atoms with Crippen LogP contribution in [0.4, 0.5) is 8.78 Å². The molecule has 0 N–H and O–H groups in total. The second-order valence-electron chi connectivity index (χ2n) is 3.52. The van der Waals surface area contributed by atoms with Gasteiger partial charge in [-0.05, 0) is 18.3 Å². The number of hydrogen-bond acceptors (Lipinski definition) is 0. The molecule has 0 nitrogen and oxygen atoms in total. The van der Waals surface area contributed by atoms with E-state index in [2.05, 4.69) is 15.9 Å². The van der Waals surface area contributed by atoms with Crippen LogP contribution in [0.3, 0.4) is 0 Å². The van der Waals surface area contributed by atoms with E-state index in [1.54, 1.807) is 6.92 Å². The molecule has 0 saturated heterocycles. The smallest absolute Gasteiger partial charge is 0.207 e. The highest BCUT2D eigenvalue weighted by Crippen LogP contribution is 2.54. The van der Waals surface area contributed by atoms with Crippen molar-refractivity contribution in [3.8, 4) is 0 Å². The molecule has 0 aromatic carbocycles. The Balaban J connectivity index is 2.41.